The molecule has 22 heavy (non-hydrogen) atoms. The van der Waals surface area contributed by atoms with Crippen molar-refractivity contribution < 1.29 is 9.21 Å². The van der Waals surface area contributed by atoms with Crippen molar-refractivity contribution in [1.82, 2.24) is 15.5 Å². The number of anilines is 1. The zero-order valence-electron chi connectivity index (χ0n) is 12.3. The summed E-state index contributed by atoms with van der Waals surface area (Å²) in [5, 5.41) is 9.03. The summed E-state index contributed by atoms with van der Waals surface area (Å²) >= 11 is 0. The minimum atomic E-state index is -0.237. The molecule has 7 heteroatoms. The highest BCUT2D eigenvalue weighted by Crippen LogP contribution is 2.22. The molecule has 1 unspecified atom stereocenters. The van der Waals surface area contributed by atoms with Gasteiger partial charge >= 0.3 is 0 Å². The van der Waals surface area contributed by atoms with Gasteiger partial charge in [0.1, 0.15) is 11.5 Å². The van der Waals surface area contributed by atoms with Gasteiger partial charge in [-0.1, -0.05) is 0 Å². The van der Waals surface area contributed by atoms with E-state index in [1.165, 1.54) is 6.07 Å². The third kappa shape index (κ3) is 3.19. The molecule has 2 N–H and O–H groups in total. The molecule has 2 aromatic heterocycles. The first-order valence-electron chi connectivity index (χ1n) is 7.24. The molecular weight excluding hydrogens is 284 g/mol. The fourth-order valence-electron chi connectivity index (χ4n) is 2.65. The van der Waals surface area contributed by atoms with E-state index in [1.807, 2.05) is 24.0 Å². The summed E-state index contributed by atoms with van der Waals surface area (Å²) in [5.74, 6) is 1.50. The Kier molecular flexibility index (Phi) is 3.95. The molecular formula is C15H18N4O3. The number of H-pyrrole nitrogens is 1. The second-order valence-corrected chi connectivity index (χ2v) is 5.47. The number of aromatic amines is 1. The van der Waals surface area contributed by atoms with Crippen LogP contribution in [0.4, 0.5) is 5.69 Å². The van der Waals surface area contributed by atoms with Crippen LogP contribution in [0.15, 0.2) is 33.6 Å². The van der Waals surface area contributed by atoms with Gasteiger partial charge in [0, 0.05) is 19.2 Å². The zero-order valence-corrected chi connectivity index (χ0v) is 12.3. The van der Waals surface area contributed by atoms with Crippen LogP contribution in [0.5, 0.6) is 0 Å². The quantitative estimate of drug-likeness (QED) is 0.872. The van der Waals surface area contributed by atoms with Crippen molar-refractivity contribution in [3.05, 3.63) is 46.3 Å². The molecule has 1 saturated heterocycles. The predicted molar refractivity (Wildman–Crippen MR) is 80.5 cm³/mol. The SMILES string of the molecule is Cc1ccc(CNC(=O)C2CCN(c3cn[nH]c(=O)c3)C2)o1. The van der Waals surface area contributed by atoms with E-state index in [2.05, 4.69) is 15.5 Å². The lowest BCUT2D eigenvalue weighted by Gasteiger charge is -2.17. The third-order valence-corrected chi connectivity index (χ3v) is 3.81. The number of hydrogen-bond donors (Lipinski definition) is 2. The molecule has 1 atom stereocenters. The van der Waals surface area contributed by atoms with Gasteiger partial charge in [0.05, 0.1) is 24.3 Å². The maximum atomic E-state index is 12.2. The van der Waals surface area contributed by atoms with Crippen LogP contribution in [0.2, 0.25) is 0 Å². The Labute approximate surface area is 127 Å². The number of hydrogen-bond acceptors (Lipinski definition) is 5. The molecule has 0 bridgehead atoms. The third-order valence-electron chi connectivity index (χ3n) is 3.81. The van der Waals surface area contributed by atoms with E-state index in [-0.39, 0.29) is 17.4 Å². The van der Waals surface area contributed by atoms with Gasteiger partial charge in [0.15, 0.2) is 0 Å². The highest BCUT2D eigenvalue weighted by molar-refractivity contribution is 5.80. The molecule has 0 spiro atoms. The molecule has 3 rings (SSSR count). The number of nitrogens with zero attached hydrogens (tertiary/aromatic N) is 2. The Balaban J connectivity index is 1.55. The first kappa shape index (κ1) is 14.4. The highest BCUT2D eigenvalue weighted by Gasteiger charge is 2.28. The summed E-state index contributed by atoms with van der Waals surface area (Å²) in [6.45, 7) is 3.60. The molecule has 2 aromatic rings. The topological polar surface area (TPSA) is 91.2 Å². The van der Waals surface area contributed by atoms with Crippen molar-refractivity contribution in [2.45, 2.75) is 19.9 Å². The standard InChI is InChI=1S/C15H18N4O3/c1-10-2-3-13(22-10)8-16-15(21)11-4-5-19(9-11)12-6-14(20)18-17-7-12/h2-3,6-7,11H,4-5,8-9H2,1H3,(H,16,21)(H,18,20). The molecule has 0 aliphatic carbocycles. The number of carbonyl (C=O) groups excluding carboxylic acids is 1. The lowest BCUT2D eigenvalue weighted by Crippen LogP contribution is -2.32. The van der Waals surface area contributed by atoms with E-state index < -0.39 is 0 Å². The van der Waals surface area contributed by atoms with Gasteiger partial charge in [-0.05, 0) is 25.5 Å². The van der Waals surface area contributed by atoms with Crippen LogP contribution >= 0.6 is 0 Å². The molecule has 1 fully saturated rings. The molecule has 0 radical (unpaired) electrons. The van der Waals surface area contributed by atoms with Crippen molar-refractivity contribution in [3.8, 4) is 0 Å². The number of carbonyl (C=O) groups is 1. The molecule has 0 aromatic carbocycles. The van der Waals surface area contributed by atoms with Crippen LogP contribution < -0.4 is 15.8 Å². The van der Waals surface area contributed by atoms with E-state index in [4.69, 9.17) is 4.42 Å². The van der Waals surface area contributed by atoms with Crippen molar-refractivity contribution >= 4 is 11.6 Å². The highest BCUT2D eigenvalue weighted by atomic mass is 16.3. The summed E-state index contributed by atoms with van der Waals surface area (Å²) in [6, 6.07) is 5.23. The fraction of sp³-hybridized carbons (Fsp3) is 0.400. The minimum absolute atomic E-state index is 0.00866. The lowest BCUT2D eigenvalue weighted by molar-refractivity contribution is -0.124. The van der Waals surface area contributed by atoms with E-state index in [0.29, 0.717) is 13.1 Å². The Bertz CT molecular complexity index is 721. The van der Waals surface area contributed by atoms with E-state index in [0.717, 1.165) is 30.2 Å². The van der Waals surface area contributed by atoms with Crippen LogP contribution in [0.25, 0.3) is 0 Å². The number of nitrogens with one attached hydrogen (secondary N) is 2. The van der Waals surface area contributed by atoms with Crippen LogP contribution in [0.3, 0.4) is 0 Å². The van der Waals surface area contributed by atoms with E-state index in [1.54, 1.807) is 6.20 Å². The fourth-order valence-corrected chi connectivity index (χ4v) is 2.65. The largest absolute Gasteiger partial charge is 0.465 e. The van der Waals surface area contributed by atoms with Crippen LogP contribution in [0, 0.1) is 12.8 Å². The van der Waals surface area contributed by atoms with Crippen molar-refractivity contribution in [3.63, 3.8) is 0 Å². The smallest absolute Gasteiger partial charge is 0.266 e. The van der Waals surface area contributed by atoms with Gasteiger partial charge < -0.3 is 14.6 Å². The molecule has 0 saturated carbocycles. The van der Waals surface area contributed by atoms with Crippen LogP contribution in [-0.2, 0) is 11.3 Å². The minimum Gasteiger partial charge on any atom is -0.465 e. The summed E-state index contributed by atoms with van der Waals surface area (Å²) in [4.78, 5) is 25.5. The average molecular weight is 302 g/mol. The second-order valence-electron chi connectivity index (χ2n) is 5.47. The predicted octanol–water partition coefficient (Wildman–Crippen LogP) is 0.814. The molecule has 1 aliphatic rings. The maximum absolute atomic E-state index is 12.2. The molecule has 116 valence electrons. The lowest BCUT2D eigenvalue weighted by atomic mass is 10.1. The van der Waals surface area contributed by atoms with E-state index in [9.17, 15) is 9.59 Å². The van der Waals surface area contributed by atoms with Crippen molar-refractivity contribution in [2.75, 3.05) is 18.0 Å². The first-order valence-corrected chi connectivity index (χ1v) is 7.24. The van der Waals surface area contributed by atoms with Gasteiger partial charge in [-0.25, -0.2) is 5.10 Å². The number of furan rings is 1. The summed E-state index contributed by atoms with van der Waals surface area (Å²) in [5.41, 5.74) is 0.513. The van der Waals surface area contributed by atoms with Crippen molar-refractivity contribution in [1.29, 1.82) is 0 Å². The van der Waals surface area contributed by atoms with Gasteiger partial charge in [-0.15, -0.1) is 0 Å². The summed E-state index contributed by atoms with van der Waals surface area (Å²) < 4.78 is 5.43. The maximum Gasteiger partial charge on any atom is 0.266 e. The summed E-state index contributed by atoms with van der Waals surface area (Å²) in [6.07, 6.45) is 2.36. The Hall–Kier alpha value is -2.57. The Morgan fingerprint density at radius 2 is 2.41 bits per heavy atom. The number of aromatic nitrogens is 2. The van der Waals surface area contributed by atoms with Gasteiger partial charge in [0.2, 0.25) is 5.91 Å². The van der Waals surface area contributed by atoms with Crippen LogP contribution in [0.1, 0.15) is 17.9 Å². The van der Waals surface area contributed by atoms with Crippen molar-refractivity contribution in [2.24, 2.45) is 5.92 Å². The number of aryl methyl sites for hydroxylation is 1. The second kappa shape index (κ2) is 6.05. The summed E-state index contributed by atoms with van der Waals surface area (Å²) in [7, 11) is 0. The van der Waals surface area contributed by atoms with Crippen LogP contribution in [-0.4, -0.2) is 29.2 Å². The first-order chi connectivity index (χ1) is 10.6. The number of rotatable bonds is 4. The average Bonchev–Trinajstić information content (AvgIpc) is 3.14. The zero-order chi connectivity index (χ0) is 15.5. The monoisotopic (exact) mass is 302 g/mol. The molecule has 3 heterocycles. The van der Waals surface area contributed by atoms with Gasteiger partial charge in [-0.3, -0.25) is 9.59 Å². The molecule has 7 nitrogen and oxygen atoms in total. The normalized spacial score (nSPS) is 17.7. The van der Waals surface area contributed by atoms with E-state index >= 15 is 0 Å². The molecule has 1 amide bonds. The Morgan fingerprint density at radius 1 is 1.55 bits per heavy atom. The van der Waals surface area contributed by atoms with Gasteiger partial charge in [-0.2, -0.15) is 5.10 Å². The van der Waals surface area contributed by atoms with Gasteiger partial charge in [0.25, 0.3) is 5.56 Å². The molecule has 1 aliphatic heterocycles. The Morgan fingerprint density at radius 3 is 3.14 bits per heavy atom. The number of amides is 1.